The van der Waals surface area contributed by atoms with Crippen LogP contribution in [0.1, 0.15) is 97.9 Å². The predicted octanol–water partition coefficient (Wildman–Crippen LogP) is 4.27. The number of alkyl halides is 3. The number of carbonyl (C=O) groups excluding carboxylic acids is 2. The van der Waals surface area contributed by atoms with E-state index in [1.54, 1.807) is 7.11 Å². The summed E-state index contributed by atoms with van der Waals surface area (Å²) < 4.78 is 37.2. The summed E-state index contributed by atoms with van der Waals surface area (Å²) in [4.78, 5) is 32.3. The van der Waals surface area contributed by atoms with E-state index in [0.29, 0.717) is 23.8 Å². The predicted molar refractivity (Wildman–Crippen MR) is 159 cm³/mol. The van der Waals surface area contributed by atoms with Crippen LogP contribution in [0.4, 0.5) is 13.2 Å². The number of quaternary nitrogens is 1. The molecule has 6 rings (SSSR count). The lowest BCUT2D eigenvalue weighted by Crippen LogP contribution is -2.82. The molecule has 4 aliphatic rings. The summed E-state index contributed by atoms with van der Waals surface area (Å²) in [6, 6.07) is 11.5. The number of rotatable bonds is 5. The highest BCUT2D eigenvalue weighted by Crippen LogP contribution is 2.49. The Labute approximate surface area is 261 Å². The Balaban J connectivity index is 0.000000493. The van der Waals surface area contributed by atoms with Crippen molar-refractivity contribution in [1.29, 1.82) is 0 Å². The molecule has 0 radical (unpaired) electrons. The Bertz CT molecular complexity index is 1280. The number of carbonyl (C=O) groups is 2. The number of carboxylic acids is 1. The maximum Gasteiger partial charge on any atom is 0.430 e. The first-order valence-electron chi connectivity index (χ1n) is 16.0. The van der Waals surface area contributed by atoms with Gasteiger partial charge in [0.1, 0.15) is 23.0 Å². The largest absolute Gasteiger partial charge is 0.542 e. The number of nitrogens with two attached hydrogens (primary N) is 1. The first kappa shape index (κ1) is 32.9. The molecule has 11 heteroatoms. The number of ether oxygens (including phenoxy) is 1. The lowest BCUT2D eigenvalue weighted by Gasteiger charge is -2.47. The number of fused-ring (bicyclic) bond motifs is 2. The second-order valence-electron chi connectivity index (χ2n) is 12.9. The van der Waals surface area contributed by atoms with Crippen molar-refractivity contribution in [3.63, 3.8) is 0 Å². The molecule has 1 aromatic carbocycles. The number of nitrogens with zero attached hydrogens (tertiary/aromatic N) is 2. The van der Waals surface area contributed by atoms with Crippen molar-refractivity contribution in [3.05, 3.63) is 51.5 Å². The zero-order valence-electron chi connectivity index (χ0n) is 25.6. The summed E-state index contributed by atoms with van der Waals surface area (Å²) in [5.41, 5.74) is 2.65. The third kappa shape index (κ3) is 6.84. The number of hydrogen-bond acceptors (Lipinski definition) is 6. The van der Waals surface area contributed by atoms with Gasteiger partial charge in [-0.05, 0) is 69.3 Å². The van der Waals surface area contributed by atoms with E-state index in [0.717, 1.165) is 56.7 Å². The average Bonchev–Trinajstić information content (AvgIpc) is 3.67. The van der Waals surface area contributed by atoms with Crippen molar-refractivity contribution >= 4 is 23.2 Å². The second kappa shape index (κ2) is 13.9. The zero-order chi connectivity index (χ0) is 31.5. The fourth-order valence-corrected chi connectivity index (χ4v) is 9.52. The van der Waals surface area contributed by atoms with E-state index in [-0.39, 0.29) is 17.4 Å². The molecular weight excluding hydrogens is 591 g/mol. The van der Waals surface area contributed by atoms with Crippen molar-refractivity contribution < 1.29 is 37.9 Å². The minimum Gasteiger partial charge on any atom is -0.542 e. The number of carboxylic acid groups (broad SMARTS) is 1. The maximum atomic E-state index is 14.6. The van der Waals surface area contributed by atoms with Crippen molar-refractivity contribution in [2.75, 3.05) is 26.7 Å². The summed E-state index contributed by atoms with van der Waals surface area (Å²) in [6.07, 6.45) is 6.91. The van der Waals surface area contributed by atoms with Gasteiger partial charge < -0.3 is 24.9 Å². The fraction of sp³-hybridized carbons (Fsp3) is 0.667. The highest BCUT2D eigenvalue weighted by atomic mass is 32.1. The number of methoxy groups -OCH3 is 1. The third-order valence-corrected chi connectivity index (χ3v) is 11.9. The van der Waals surface area contributed by atoms with Gasteiger partial charge in [0.25, 0.3) is 0 Å². The molecule has 2 aromatic rings. The molecule has 1 spiro atoms. The molecule has 2 N–H and O–H groups in total. The van der Waals surface area contributed by atoms with Gasteiger partial charge in [-0.1, -0.05) is 49.6 Å². The molecule has 3 heterocycles. The number of thiazole rings is 1. The van der Waals surface area contributed by atoms with Crippen LogP contribution in [0.15, 0.2) is 30.3 Å². The third-order valence-electron chi connectivity index (χ3n) is 10.4. The molecular formula is C33H44F3N3O4S. The number of likely N-dealkylation sites (tertiary alicyclic amines) is 1. The van der Waals surface area contributed by atoms with Crippen LogP contribution in [-0.2, 0) is 26.2 Å². The molecule has 1 amide bonds. The van der Waals surface area contributed by atoms with Gasteiger partial charge in [-0.3, -0.25) is 4.79 Å². The SMILES string of the molecule is COC(C)c1nc2c(s1)[C@]1(CCC2)C[NH2+]CC1C(=O)N1CC[C@@H](c2ccccc2)C[C@H]1C1CCCCC1.O=C([O-])C(F)(F)F. The Kier molecular flexibility index (Phi) is 10.4. The van der Waals surface area contributed by atoms with Gasteiger partial charge in [-0.25, -0.2) is 4.98 Å². The standard InChI is InChI=1S/C31H43N3O2S.C2HF3O2/c1-21(36-2)29-33-26-14-9-16-31(28(26)37-29)20-32-19-25(31)30(35)34-17-15-24(22-10-5-3-6-11-22)18-27(34)23-12-7-4-8-13-23;3-2(4,5)1(6)7/h3,5-6,10-11,21,23-25,27,32H,4,7-9,12-20H2,1-2H3;(H,6,7)/t21?,24-,25?,27+,31-;/m1./s1. The number of halogens is 3. The van der Waals surface area contributed by atoms with Crippen LogP contribution in [0, 0.1) is 11.8 Å². The van der Waals surface area contributed by atoms with Crippen molar-refractivity contribution in [2.45, 2.75) is 101 Å². The van der Waals surface area contributed by atoms with E-state index in [4.69, 9.17) is 19.6 Å². The lowest BCUT2D eigenvalue weighted by molar-refractivity contribution is -0.640. The molecule has 5 atom stereocenters. The number of benzene rings is 1. The number of hydrogen-bond donors (Lipinski definition) is 1. The van der Waals surface area contributed by atoms with Gasteiger partial charge in [-0.2, -0.15) is 13.2 Å². The van der Waals surface area contributed by atoms with Crippen LogP contribution in [0.3, 0.4) is 0 Å². The van der Waals surface area contributed by atoms with Gasteiger partial charge in [0.2, 0.25) is 5.91 Å². The Hall–Kier alpha value is -2.50. The van der Waals surface area contributed by atoms with E-state index in [2.05, 4.69) is 47.5 Å². The molecule has 2 saturated heterocycles. The molecule has 1 saturated carbocycles. The van der Waals surface area contributed by atoms with E-state index in [1.807, 2.05) is 11.3 Å². The molecule has 44 heavy (non-hydrogen) atoms. The number of aliphatic carboxylic acids is 1. The number of amides is 1. The molecule has 242 valence electrons. The smallest absolute Gasteiger partial charge is 0.430 e. The van der Waals surface area contributed by atoms with Crippen molar-refractivity contribution in [3.8, 4) is 0 Å². The number of piperidine rings is 1. The normalized spacial score (nSPS) is 28.2. The van der Waals surface area contributed by atoms with Crippen LogP contribution in [0.5, 0.6) is 0 Å². The van der Waals surface area contributed by atoms with E-state index in [1.165, 1.54) is 48.2 Å². The number of aryl methyl sites for hydroxylation is 1. The highest BCUT2D eigenvalue weighted by Gasteiger charge is 2.56. The number of aromatic nitrogens is 1. The quantitative estimate of drug-likeness (QED) is 0.529. The van der Waals surface area contributed by atoms with Gasteiger partial charge in [0.15, 0.2) is 0 Å². The van der Waals surface area contributed by atoms with Crippen LogP contribution in [-0.4, -0.2) is 60.7 Å². The zero-order valence-corrected chi connectivity index (χ0v) is 26.4. The van der Waals surface area contributed by atoms with Gasteiger partial charge >= 0.3 is 6.18 Å². The summed E-state index contributed by atoms with van der Waals surface area (Å²) in [6.45, 7) is 4.94. The Morgan fingerprint density at radius 2 is 1.84 bits per heavy atom. The average molecular weight is 636 g/mol. The summed E-state index contributed by atoms with van der Waals surface area (Å²) in [7, 11) is 1.76. The van der Waals surface area contributed by atoms with Gasteiger partial charge in [0, 0.05) is 24.6 Å². The molecule has 1 aromatic heterocycles. The summed E-state index contributed by atoms with van der Waals surface area (Å²) in [5, 5.41) is 12.3. The maximum absolute atomic E-state index is 14.6. The minimum atomic E-state index is -5.19. The molecule has 2 unspecified atom stereocenters. The molecule has 2 aliphatic heterocycles. The lowest BCUT2D eigenvalue weighted by atomic mass is 9.68. The fourth-order valence-electron chi connectivity index (χ4n) is 8.09. The van der Waals surface area contributed by atoms with E-state index >= 15 is 0 Å². The van der Waals surface area contributed by atoms with Gasteiger partial charge in [-0.15, -0.1) is 11.3 Å². The topological polar surface area (TPSA) is 99.2 Å². The van der Waals surface area contributed by atoms with Crippen molar-refractivity contribution in [2.24, 2.45) is 11.8 Å². The molecule has 0 bridgehead atoms. The minimum absolute atomic E-state index is 0.0138. The highest BCUT2D eigenvalue weighted by molar-refractivity contribution is 7.12. The first-order valence-corrected chi connectivity index (χ1v) is 16.8. The first-order chi connectivity index (χ1) is 21.0. The molecule has 2 aliphatic carbocycles. The van der Waals surface area contributed by atoms with Gasteiger partial charge in [0.05, 0.1) is 24.2 Å². The van der Waals surface area contributed by atoms with Crippen LogP contribution >= 0.6 is 11.3 Å². The monoisotopic (exact) mass is 635 g/mol. The van der Waals surface area contributed by atoms with Crippen LogP contribution in [0.25, 0.3) is 0 Å². The van der Waals surface area contributed by atoms with Crippen LogP contribution in [0.2, 0.25) is 0 Å². The Morgan fingerprint density at radius 3 is 2.50 bits per heavy atom. The van der Waals surface area contributed by atoms with E-state index in [9.17, 15) is 18.0 Å². The molecule has 7 nitrogen and oxygen atoms in total. The molecule has 3 fully saturated rings. The summed E-state index contributed by atoms with van der Waals surface area (Å²) in [5.74, 6) is -1.27. The van der Waals surface area contributed by atoms with Crippen molar-refractivity contribution in [1.82, 2.24) is 9.88 Å². The summed E-state index contributed by atoms with van der Waals surface area (Å²) >= 11 is 1.83. The second-order valence-corrected chi connectivity index (χ2v) is 13.9. The van der Waals surface area contributed by atoms with E-state index < -0.39 is 12.1 Å². The Morgan fingerprint density at radius 1 is 1.14 bits per heavy atom. The van der Waals surface area contributed by atoms with Crippen LogP contribution < -0.4 is 10.4 Å².